The molecule has 4 N–H and O–H groups in total. The number of carbonyl (C=O) groups is 3. The third-order valence-electron chi connectivity index (χ3n) is 14.3. The number of hydrogen-bond acceptors (Lipinski definition) is 14. The van der Waals surface area contributed by atoms with Crippen LogP contribution in [-0.2, 0) is 55.8 Å². The summed E-state index contributed by atoms with van der Waals surface area (Å²) in [6.07, 6.45) is 61.3. The summed E-state index contributed by atoms with van der Waals surface area (Å²) in [6.45, 7) is 2.57. The Morgan fingerprint density at radius 1 is 0.341 bits per heavy atom. The highest BCUT2D eigenvalue weighted by atomic mass is 31.2. The topological polar surface area (TPSA) is 231 Å². The molecule has 85 heavy (non-hydrogen) atoms. The van der Waals surface area contributed by atoms with Crippen molar-refractivity contribution in [2.45, 2.75) is 309 Å². The number of hydrogen-bond donors (Lipinski definition) is 4. The van der Waals surface area contributed by atoms with E-state index in [1.165, 1.54) is 122 Å². The van der Waals surface area contributed by atoms with Crippen LogP contribution in [0.4, 0.5) is 0 Å². The van der Waals surface area contributed by atoms with Gasteiger partial charge in [0.1, 0.15) is 25.4 Å². The standard InChI is InChI=1S/C67H122O16P2/c1-4-7-10-13-16-19-22-25-27-28-29-30-31-32-34-37-38-41-44-47-50-53-65(70)77-56-62(68)57-79-84(73,74)80-58-63(69)59-81-85(75,76)82-61-64(83-67(72)55-52-49-46-43-40-35-24-21-18-15-12-9-6-3)60-78-66(71)54-51-48-45-42-39-36-33-26-23-20-17-14-11-8-5-2/h7,10,16,19,25,27,29-30,32,34,62-64,68-69H,4-6,8-9,11-15,17-18,20-24,26,28,31,33,35-61H2,1-3H3,(H,73,74)(H,75,76)/b10-7-,19-16-,27-25-,30-29-,34-32-. The zero-order valence-corrected chi connectivity index (χ0v) is 55.3. The molecule has 0 aromatic carbocycles. The van der Waals surface area contributed by atoms with Crippen molar-refractivity contribution in [2.24, 2.45) is 0 Å². The van der Waals surface area contributed by atoms with Crippen molar-refractivity contribution < 1.29 is 75.8 Å². The third kappa shape index (κ3) is 62.7. The summed E-state index contributed by atoms with van der Waals surface area (Å²) in [5, 5.41) is 20.5. The van der Waals surface area contributed by atoms with Crippen molar-refractivity contribution in [1.82, 2.24) is 0 Å². The van der Waals surface area contributed by atoms with Crippen LogP contribution in [0.1, 0.15) is 290 Å². The smallest absolute Gasteiger partial charge is 0.463 e. The first kappa shape index (κ1) is 82.2. The lowest BCUT2D eigenvalue weighted by atomic mass is 10.0. The van der Waals surface area contributed by atoms with Crippen LogP contribution < -0.4 is 0 Å². The highest BCUT2D eigenvalue weighted by molar-refractivity contribution is 7.47. The molecule has 0 radical (unpaired) electrons. The van der Waals surface area contributed by atoms with Crippen molar-refractivity contribution >= 4 is 33.6 Å². The van der Waals surface area contributed by atoms with Gasteiger partial charge < -0.3 is 34.2 Å². The zero-order valence-electron chi connectivity index (χ0n) is 53.5. The molecule has 0 heterocycles. The van der Waals surface area contributed by atoms with Crippen LogP contribution in [0, 0.1) is 0 Å². The van der Waals surface area contributed by atoms with Gasteiger partial charge in [-0.2, -0.15) is 0 Å². The lowest BCUT2D eigenvalue weighted by molar-refractivity contribution is -0.161. The van der Waals surface area contributed by atoms with E-state index in [9.17, 15) is 43.5 Å². The molecule has 0 rings (SSSR count). The molecule has 0 saturated carbocycles. The van der Waals surface area contributed by atoms with E-state index in [2.05, 4.69) is 81.5 Å². The summed E-state index contributed by atoms with van der Waals surface area (Å²) < 4.78 is 60.8. The molecule has 0 spiro atoms. The molecule has 18 heteroatoms. The Morgan fingerprint density at radius 2 is 0.624 bits per heavy atom. The molecule has 0 bridgehead atoms. The van der Waals surface area contributed by atoms with Gasteiger partial charge in [-0.25, -0.2) is 9.13 Å². The quantitative estimate of drug-likeness (QED) is 0.0146. The second-order valence-corrected chi connectivity index (χ2v) is 25.5. The molecule has 0 amide bonds. The summed E-state index contributed by atoms with van der Waals surface area (Å²) in [7, 11) is -9.76. The number of phosphoric ester groups is 2. The average Bonchev–Trinajstić information content (AvgIpc) is 3.51. The van der Waals surface area contributed by atoms with Crippen molar-refractivity contribution in [3.63, 3.8) is 0 Å². The summed E-state index contributed by atoms with van der Waals surface area (Å²) in [6, 6.07) is 0. The fourth-order valence-corrected chi connectivity index (χ4v) is 10.7. The largest absolute Gasteiger partial charge is 0.472 e. The van der Waals surface area contributed by atoms with Crippen LogP contribution in [0.3, 0.4) is 0 Å². The van der Waals surface area contributed by atoms with E-state index in [1.54, 1.807) is 0 Å². The fraction of sp³-hybridized carbons (Fsp3) is 0.806. The highest BCUT2D eigenvalue weighted by Gasteiger charge is 2.29. The Hall–Kier alpha value is -2.75. The Morgan fingerprint density at radius 3 is 0.988 bits per heavy atom. The van der Waals surface area contributed by atoms with Crippen LogP contribution in [0.25, 0.3) is 0 Å². The Kier molecular flexibility index (Phi) is 59.5. The third-order valence-corrected chi connectivity index (χ3v) is 16.2. The van der Waals surface area contributed by atoms with Crippen molar-refractivity contribution in [2.75, 3.05) is 39.6 Å². The highest BCUT2D eigenvalue weighted by Crippen LogP contribution is 2.45. The molecular formula is C67H122O16P2. The molecule has 0 saturated heterocycles. The summed E-state index contributed by atoms with van der Waals surface area (Å²) in [5.41, 5.74) is 0. The summed E-state index contributed by atoms with van der Waals surface area (Å²) >= 11 is 0. The molecule has 0 aliphatic carbocycles. The maximum Gasteiger partial charge on any atom is 0.472 e. The van der Waals surface area contributed by atoms with Gasteiger partial charge in [0.15, 0.2) is 6.10 Å². The summed E-state index contributed by atoms with van der Waals surface area (Å²) in [4.78, 5) is 58.3. The van der Waals surface area contributed by atoms with Gasteiger partial charge in [-0.1, -0.05) is 268 Å². The lowest BCUT2D eigenvalue weighted by Crippen LogP contribution is -2.30. The van der Waals surface area contributed by atoms with Gasteiger partial charge in [-0.15, -0.1) is 0 Å². The van der Waals surface area contributed by atoms with Gasteiger partial charge in [0.25, 0.3) is 0 Å². The molecule has 16 nitrogen and oxygen atoms in total. The van der Waals surface area contributed by atoms with E-state index in [0.29, 0.717) is 19.3 Å². The van der Waals surface area contributed by atoms with Crippen LogP contribution in [0.15, 0.2) is 60.8 Å². The van der Waals surface area contributed by atoms with Gasteiger partial charge in [-0.05, 0) is 64.2 Å². The van der Waals surface area contributed by atoms with E-state index >= 15 is 0 Å². The molecular weight excluding hydrogens is 1120 g/mol. The Bertz CT molecular complexity index is 1800. The maximum atomic E-state index is 12.9. The molecule has 0 fully saturated rings. The molecule has 0 aromatic heterocycles. The molecule has 0 aliphatic heterocycles. The van der Waals surface area contributed by atoms with E-state index in [1.807, 2.05) is 0 Å². The van der Waals surface area contributed by atoms with Crippen LogP contribution in [0.5, 0.6) is 0 Å². The number of phosphoric acid groups is 2. The maximum absolute atomic E-state index is 12.9. The summed E-state index contributed by atoms with van der Waals surface area (Å²) in [5.74, 6) is -1.57. The molecule has 5 unspecified atom stereocenters. The monoisotopic (exact) mass is 1240 g/mol. The lowest BCUT2D eigenvalue weighted by Gasteiger charge is -2.21. The second-order valence-electron chi connectivity index (χ2n) is 22.6. The normalized spacial score (nSPS) is 14.7. The molecule has 0 aromatic rings. The second kappa shape index (κ2) is 61.5. The van der Waals surface area contributed by atoms with Crippen molar-refractivity contribution in [3.05, 3.63) is 60.8 Å². The SMILES string of the molecule is CC/C=C\C/C=C\C/C=C\C/C=C\C/C=C\CCCCCCCC(=O)OCC(O)COP(=O)(O)OCC(O)COP(=O)(O)OCC(COC(=O)CCCCCCCCCCCCCCCCC)OC(=O)CCCCCCCCCCCCCCC. The Labute approximate surface area is 516 Å². The Balaban J connectivity index is 4.59. The molecule has 0 aliphatic rings. The number of unbranched alkanes of at least 4 members (excludes halogenated alkanes) is 31. The number of allylic oxidation sites excluding steroid dienone is 10. The first-order valence-corrected chi connectivity index (χ1v) is 36.6. The average molecular weight is 1250 g/mol. The van der Waals surface area contributed by atoms with Gasteiger partial charge in [0.05, 0.1) is 26.4 Å². The predicted molar refractivity (Wildman–Crippen MR) is 344 cm³/mol. The number of aliphatic hydroxyl groups is 2. The number of ether oxygens (including phenoxy) is 3. The van der Waals surface area contributed by atoms with Crippen LogP contribution >= 0.6 is 15.6 Å². The van der Waals surface area contributed by atoms with E-state index in [-0.39, 0.29) is 19.3 Å². The van der Waals surface area contributed by atoms with Crippen LogP contribution in [0.2, 0.25) is 0 Å². The number of esters is 3. The van der Waals surface area contributed by atoms with Crippen LogP contribution in [-0.4, -0.2) is 95.9 Å². The number of aliphatic hydroxyl groups excluding tert-OH is 2. The van der Waals surface area contributed by atoms with Gasteiger partial charge >= 0.3 is 33.6 Å². The van der Waals surface area contributed by atoms with Gasteiger partial charge in [0.2, 0.25) is 0 Å². The van der Waals surface area contributed by atoms with E-state index in [4.69, 9.17) is 32.3 Å². The van der Waals surface area contributed by atoms with Gasteiger partial charge in [0, 0.05) is 19.3 Å². The minimum absolute atomic E-state index is 0.112. The molecule has 5 atom stereocenters. The first-order valence-electron chi connectivity index (χ1n) is 33.6. The van der Waals surface area contributed by atoms with E-state index in [0.717, 1.165) is 109 Å². The molecule has 496 valence electrons. The number of carbonyl (C=O) groups excluding carboxylic acids is 3. The minimum Gasteiger partial charge on any atom is -0.463 e. The number of rotatable bonds is 64. The fourth-order valence-electron chi connectivity index (χ4n) is 9.13. The predicted octanol–water partition coefficient (Wildman–Crippen LogP) is 18.2. The zero-order chi connectivity index (χ0) is 62.4. The van der Waals surface area contributed by atoms with Gasteiger partial charge in [-0.3, -0.25) is 32.5 Å². The first-order chi connectivity index (χ1) is 41.2. The van der Waals surface area contributed by atoms with E-state index < -0.39 is 91.5 Å². The minimum atomic E-state index is -4.91. The van der Waals surface area contributed by atoms with Crippen molar-refractivity contribution in [1.29, 1.82) is 0 Å². The van der Waals surface area contributed by atoms with Crippen molar-refractivity contribution in [3.8, 4) is 0 Å².